The van der Waals surface area contributed by atoms with Crippen LogP contribution in [0, 0.1) is 0 Å². The molecule has 0 aromatic carbocycles. The molecule has 0 aliphatic heterocycles. The van der Waals surface area contributed by atoms with Crippen molar-refractivity contribution in [3.8, 4) is 0 Å². The molecule has 0 amide bonds. The van der Waals surface area contributed by atoms with Crippen LogP contribution in [0.2, 0.25) is 0 Å². The first-order chi connectivity index (χ1) is 16.8. The van der Waals surface area contributed by atoms with E-state index in [1.807, 2.05) is 0 Å². The molecule has 0 bridgehead atoms. The van der Waals surface area contributed by atoms with Gasteiger partial charge in [0.2, 0.25) is 0 Å². The summed E-state index contributed by atoms with van der Waals surface area (Å²) in [5, 5.41) is 0. The third kappa shape index (κ3) is 25.2. The summed E-state index contributed by atoms with van der Waals surface area (Å²) in [6.07, 6.45) is -4.04. The molecule has 20 heteroatoms. The molecule has 0 spiro atoms. The van der Waals surface area contributed by atoms with Crippen LogP contribution in [0.1, 0.15) is 27.7 Å². The van der Waals surface area contributed by atoms with Gasteiger partial charge in [-0.1, -0.05) is 54.3 Å². The summed E-state index contributed by atoms with van der Waals surface area (Å²) in [4.78, 5) is 45.4. The van der Waals surface area contributed by atoms with Crippen LogP contribution in [-0.4, -0.2) is 100 Å². The van der Waals surface area contributed by atoms with Gasteiger partial charge < -0.3 is 28.1 Å². The summed E-state index contributed by atoms with van der Waals surface area (Å²) in [7, 11) is 5.50. The number of carbonyl (C=O) groups is 4. The molecular weight excluding hydrogens is 647 g/mol. The maximum Gasteiger partial charge on any atom is 1.00 e. The minimum Gasteiger partial charge on any atom is -0.772 e. The standard InChI is InChI=1S/C18H30O12S6.2Na/c1-11(19)27-15(17(9-35(23)24)29-13(3)21)7-33-31-5-6-32-34-8-16(28-12(2)20)18(10-36(25)26)30-14(4)22;;/h15-18H,5-10H2,1-4H3,(H,23,24)(H,25,26);;/q;2*+1/p-1/t15-,16-,17+,18+;;/m1../s1. The zero-order chi connectivity index (χ0) is 27.7. The summed E-state index contributed by atoms with van der Waals surface area (Å²) >= 11 is -4.77. The Labute approximate surface area is 287 Å². The average molecular weight is 676 g/mol. The van der Waals surface area contributed by atoms with E-state index in [-0.39, 0.29) is 70.6 Å². The van der Waals surface area contributed by atoms with E-state index >= 15 is 0 Å². The van der Waals surface area contributed by atoms with Crippen LogP contribution in [0.5, 0.6) is 0 Å². The second kappa shape index (κ2) is 26.2. The van der Waals surface area contributed by atoms with E-state index in [1.54, 1.807) is 0 Å². The van der Waals surface area contributed by atoms with Crippen LogP contribution in [0.15, 0.2) is 0 Å². The quantitative estimate of drug-likeness (QED) is 0.0346. The molecule has 0 radical (unpaired) electrons. The fraction of sp³-hybridized carbons (Fsp3) is 0.778. The molecule has 0 aliphatic carbocycles. The van der Waals surface area contributed by atoms with Gasteiger partial charge in [-0.15, -0.1) is 0 Å². The summed E-state index contributed by atoms with van der Waals surface area (Å²) in [6, 6.07) is 0. The van der Waals surface area contributed by atoms with Gasteiger partial charge in [0.25, 0.3) is 0 Å². The largest absolute Gasteiger partial charge is 1.00 e. The summed E-state index contributed by atoms with van der Waals surface area (Å²) in [6.45, 7) is 4.63. The van der Waals surface area contributed by atoms with Gasteiger partial charge in [-0.25, -0.2) is 4.21 Å². The first kappa shape index (κ1) is 43.9. The smallest absolute Gasteiger partial charge is 0.772 e. The van der Waals surface area contributed by atoms with Crippen LogP contribution in [0.25, 0.3) is 0 Å². The van der Waals surface area contributed by atoms with Crippen LogP contribution in [-0.2, 0) is 60.3 Å². The van der Waals surface area contributed by atoms with Gasteiger partial charge in [0, 0.05) is 50.7 Å². The van der Waals surface area contributed by atoms with Gasteiger partial charge in [0.1, 0.15) is 18.3 Å². The third-order valence-corrected chi connectivity index (χ3v) is 9.88. The van der Waals surface area contributed by atoms with Gasteiger partial charge in [-0.05, 0) is 0 Å². The van der Waals surface area contributed by atoms with Crippen LogP contribution in [0.4, 0.5) is 0 Å². The molecular formula is C18H29Na2O12S6+. The molecule has 210 valence electrons. The van der Waals surface area contributed by atoms with E-state index in [2.05, 4.69) is 0 Å². The Bertz CT molecular complexity index is 684. The SMILES string of the molecule is CC(=O)O[C@@H](CS(=O)[O-])[C@@H](CSSCCSSC[C@@H](OC(C)=O)[C@H](CS(=O)O)OC(C)=O)OC(C)=O.[Na+].[Na+]. The molecule has 38 heavy (non-hydrogen) atoms. The number of ether oxygens (including phenoxy) is 4. The first-order valence-corrected chi connectivity index (χ1v) is 17.6. The maximum absolute atomic E-state index is 11.4. The Hall–Kier alpha value is 1.50. The van der Waals surface area contributed by atoms with Crippen molar-refractivity contribution < 1.29 is 115 Å². The third-order valence-electron chi connectivity index (χ3n) is 3.59. The predicted molar refractivity (Wildman–Crippen MR) is 141 cm³/mol. The molecule has 0 rings (SSSR count). The molecule has 0 aromatic heterocycles. The van der Waals surface area contributed by atoms with Crippen molar-refractivity contribution in [3.05, 3.63) is 0 Å². The summed E-state index contributed by atoms with van der Waals surface area (Å²) < 4.78 is 62.9. The molecule has 12 nitrogen and oxygen atoms in total. The van der Waals surface area contributed by atoms with Gasteiger partial charge in [0.15, 0.2) is 17.2 Å². The number of carbonyl (C=O) groups excluding carboxylic acids is 4. The number of hydrogen-bond donors (Lipinski definition) is 1. The molecule has 2 unspecified atom stereocenters. The van der Waals surface area contributed by atoms with Crippen molar-refractivity contribution in [1.82, 2.24) is 0 Å². The molecule has 6 atom stereocenters. The molecule has 0 aromatic rings. The molecule has 1 N–H and O–H groups in total. The zero-order valence-corrected chi connectivity index (χ0v) is 30.8. The second-order valence-electron chi connectivity index (χ2n) is 6.76. The number of rotatable bonds is 19. The van der Waals surface area contributed by atoms with Gasteiger partial charge in [0.05, 0.1) is 11.5 Å². The Morgan fingerprint density at radius 2 is 0.974 bits per heavy atom. The van der Waals surface area contributed by atoms with Gasteiger partial charge >= 0.3 is 83.0 Å². The molecule has 0 saturated heterocycles. The van der Waals surface area contributed by atoms with E-state index in [0.717, 1.165) is 13.8 Å². The fourth-order valence-corrected chi connectivity index (χ4v) is 8.65. The van der Waals surface area contributed by atoms with Crippen molar-refractivity contribution in [3.63, 3.8) is 0 Å². The van der Waals surface area contributed by atoms with Crippen LogP contribution < -0.4 is 59.1 Å². The zero-order valence-electron chi connectivity index (χ0n) is 21.9. The Balaban J connectivity index is -0.00000612. The van der Waals surface area contributed by atoms with Crippen molar-refractivity contribution in [2.75, 3.05) is 34.5 Å². The van der Waals surface area contributed by atoms with Gasteiger partial charge in [-0.2, -0.15) is 0 Å². The van der Waals surface area contributed by atoms with E-state index in [1.165, 1.54) is 57.0 Å². The van der Waals surface area contributed by atoms with Gasteiger partial charge in [-0.3, -0.25) is 23.4 Å². The van der Waals surface area contributed by atoms with E-state index in [4.69, 9.17) is 23.5 Å². The van der Waals surface area contributed by atoms with Crippen molar-refractivity contribution in [1.29, 1.82) is 0 Å². The second-order valence-corrected chi connectivity index (χ2v) is 13.9. The van der Waals surface area contributed by atoms with E-state index in [0.29, 0.717) is 11.5 Å². The van der Waals surface area contributed by atoms with E-state index in [9.17, 15) is 32.1 Å². The average Bonchev–Trinajstić information content (AvgIpc) is 2.71. The van der Waals surface area contributed by atoms with Crippen LogP contribution >= 0.6 is 43.2 Å². The minimum absolute atomic E-state index is 0. The molecule has 0 heterocycles. The maximum atomic E-state index is 11.4. The van der Waals surface area contributed by atoms with Crippen molar-refractivity contribution in [2.45, 2.75) is 52.1 Å². The van der Waals surface area contributed by atoms with Crippen LogP contribution in [0.3, 0.4) is 0 Å². The topological polar surface area (TPSA) is 183 Å². The summed E-state index contributed by atoms with van der Waals surface area (Å²) in [5.74, 6) is -1.84. The Kier molecular flexibility index (Phi) is 30.2. The molecule has 0 saturated carbocycles. The number of hydrogen-bond acceptors (Lipinski definition) is 15. The Morgan fingerprint density at radius 1 is 0.658 bits per heavy atom. The summed E-state index contributed by atoms with van der Waals surface area (Å²) in [5.41, 5.74) is 0. The molecule has 0 fully saturated rings. The predicted octanol–water partition coefficient (Wildman–Crippen LogP) is -4.42. The minimum atomic E-state index is -2.51. The van der Waals surface area contributed by atoms with E-state index < -0.39 is 82.0 Å². The van der Waals surface area contributed by atoms with Crippen molar-refractivity contribution >= 4 is 89.2 Å². The molecule has 0 aliphatic rings. The monoisotopic (exact) mass is 675 g/mol. The number of esters is 4. The Morgan fingerprint density at radius 3 is 1.26 bits per heavy atom. The van der Waals surface area contributed by atoms with Crippen molar-refractivity contribution in [2.24, 2.45) is 0 Å². The normalized spacial score (nSPS) is 15.2. The first-order valence-electron chi connectivity index (χ1n) is 10.1. The fourth-order valence-electron chi connectivity index (χ4n) is 2.41.